The number of amides is 8. The fraction of sp³-hybridized carbons (Fsp3) is 0.622. The van der Waals surface area contributed by atoms with E-state index in [0.717, 1.165) is 0 Å². The number of hydrogen-bond donors (Lipinski definition) is 9. The van der Waals surface area contributed by atoms with E-state index in [-0.39, 0.29) is 44.0 Å². The van der Waals surface area contributed by atoms with Crippen LogP contribution in [0.25, 0.3) is 0 Å². The number of carbonyl (C=O) groups is 8. The molecule has 0 aromatic heterocycles. The van der Waals surface area contributed by atoms with Gasteiger partial charge in [-0.1, -0.05) is 39.8 Å². The van der Waals surface area contributed by atoms with E-state index in [4.69, 9.17) is 5.73 Å². The maximum atomic E-state index is 14.1. The van der Waals surface area contributed by atoms with Crippen LogP contribution in [-0.4, -0.2) is 111 Å². The molecule has 21 heteroatoms. The van der Waals surface area contributed by atoms with E-state index in [1.165, 1.54) is 36.1 Å². The summed E-state index contributed by atoms with van der Waals surface area (Å²) in [6.07, 6.45) is 0.977. The highest BCUT2D eigenvalue weighted by Gasteiger charge is 2.40. The number of nitrogens with zero attached hydrogens (tertiary/aromatic N) is 1. The van der Waals surface area contributed by atoms with Crippen molar-refractivity contribution in [2.45, 2.75) is 122 Å². The minimum atomic E-state index is -4.87. The van der Waals surface area contributed by atoms with Crippen LogP contribution in [0.15, 0.2) is 24.3 Å². The van der Waals surface area contributed by atoms with Gasteiger partial charge in [0, 0.05) is 26.4 Å². The van der Waals surface area contributed by atoms with Crippen molar-refractivity contribution >= 4 is 55.1 Å². The van der Waals surface area contributed by atoms with Crippen molar-refractivity contribution in [2.75, 3.05) is 13.1 Å². The zero-order chi connectivity index (χ0) is 43.3. The number of phosphoric acid groups is 1. The van der Waals surface area contributed by atoms with Gasteiger partial charge in [-0.3, -0.25) is 48.1 Å². The van der Waals surface area contributed by atoms with Crippen LogP contribution in [0, 0.1) is 11.8 Å². The van der Waals surface area contributed by atoms with Crippen molar-refractivity contribution in [1.82, 2.24) is 36.8 Å². The van der Waals surface area contributed by atoms with Crippen molar-refractivity contribution in [2.24, 2.45) is 17.6 Å². The van der Waals surface area contributed by atoms with Crippen molar-refractivity contribution in [3.05, 3.63) is 29.8 Å². The fourth-order valence-electron chi connectivity index (χ4n) is 6.77. The lowest BCUT2D eigenvalue weighted by atomic mass is 9.99. The Bertz CT molecular complexity index is 1720. The second kappa shape index (κ2) is 21.6. The molecular weight excluding hydrogens is 779 g/mol. The van der Waals surface area contributed by atoms with E-state index in [2.05, 4.69) is 36.4 Å². The summed E-state index contributed by atoms with van der Waals surface area (Å²) in [6, 6.07) is -1.98. The van der Waals surface area contributed by atoms with Crippen LogP contribution >= 0.6 is 7.82 Å². The van der Waals surface area contributed by atoms with Gasteiger partial charge in [-0.05, 0) is 68.1 Å². The molecule has 3 unspecified atom stereocenters. The molecule has 6 atom stereocenters. The predicted molar refractivity (Wildman–Crippen MR) is 208 cm³/mol. The summed E-state index contributed by atoms with van der Waals surface area (Å²) >= 11 is 0. The molecule has 10 N–H and O–H groups in total. The molecular formula is C37H57N8O12P. The monoisotopic (exact) mass is 836 g/mol. The average Bonchev–Trinajstić information content (AvgIpc) is 3.61. The van der Waals surface area contributed by atoms with Crippen LogP contribution < -0.4 is 42.2 Å². The first-order valence-corrected chi connectivity index (χ1v) is 20.9. The molecule has 3 rings (SSSR count). The Hall–Kier alpha value is -5.07. The highest BCUT2D eigenvalue weighted by Crippen LogP contribution is 2.37. The zero-order valence-electron chi connectivity index (χ0n) is 33.4. The third kappa shape index (κ3) is 15.0. The van der Waals surface area contributed by atoms with Gasteiger partial charge in [-0.15, -0.1) is 0 Å². The fourth-order valence-corrected chi connectivity index (χ4v) is 7.16. The minimum absolute atomic E-state index is 0.0393. The third-order valence-electron chi connectivity index (χ3n) is 9.58. The first-order chi connectivity index (χ1) is 27.1. The van der Waals surface area contributed by atoms with Gasteiger partial charge in [-0.2, -0.15) is 0 Å². The Morgan fingerprint density at radius 1 is 0.845 bits per heavy atom. The number of nitrogens with two attached hydrogens (primary N) is 1. The standard InChI is InChI=1S/C37H57N8O12P/c1-20(2)17-26-33(49)43-28(19-30(38)47)35(51)44-31(21(3)4)37(53)45-16-8-10-29(45)36(52)39-15-7-6-9-25(40-22(5)46)32(48)42-27(34(50)41-26)18-23-11-13-24(14-12-23)57-58(54,55)56/h11-14,20-21,25-29,31H,6-10,15-19H2,1-5H3,(H2,38,47)(H,39,52)(H,40,46)(H,41,50)(H,42,48)(H,43,49)(H,44,51)(H2,54,55,56)/t25?,26?,27-,28?,29-,31-/m0/s1. The zero-order valence-corrected chi connectivity index (χ0v) is 34.3. The van der Waals surface area contributed by atoms with E-state index in [1.54, 1.807) is 27.7 Å². The summed E-state index contributed by atoms with van der Waals surface area (Å²) in [5.41, 5.74) is 5.88. The van der Waals surface area contributed by atoms with E-state index in [9.17, 15) is 52.7 Å². The molecule has 2 fully saturated rings. The molecule has 0 saturated carbocycles. The molecule has 2 aliphatic heterocycles. The molecule has 1 aromatic carbocycles. The summed E-state index contributed by atoms with van der Waals surface area (Å²) in [5, 5.41) is 15.9. The molecule has 0 spiro atoms. The van der Waals surface area contributed by atoms with Gasteiger partial charge in [-0.25, -0.2) is 4.57 Å². The Morgan fingerprint density at radius 2 is 1.45 bits per heavy atom. The van der Waals surface area contributed by atoms with Gasteiger partial charge in [0.25, 0.3) is 0 Å². The van der Waals surface area contributed by atoms with E-state index in [1.807, 2.05) is 0 Å². The van der Waals surface area contributed by atoms with Crippen LogP contribution in [0.4, 0.5) is 0 Å². The first-order valence-electron chi connectivity index (χ1n) is 19.3. The number of phosphoric ester groups is 1. The Balaban J connectivity index is 2.04. The van der Waals surface area contributed by atoms with Gasteiger partial charge in [0.15, 0.2) is 0 Å². The Labute approximate surface area is 337 Å². The van der Waals surface area contributed by atoms with Crippen LogP contribution in [0.5, 0.6) is 5.75 Å². The first kappa shape index (κ1) is 47.3. The van der Waals surface area contributed by atoms with Gasteiger partial charge in [0.05, 0.1) is 6.42 Å². The molecule has 0 bridgehead atoms. The predicted octanol–water partition coefficient (Wildman–Crippen LogP) is -0.987. The van der Waals surface area contributed by atoms with Crippen molar-refractivity contribution in [1.29, 1.82) is 0 Å². The lowest BCUT2D eigenvalue weighted by Gasteiger charge is -2.32. The quantitative estimate of drug-likeness (QED) is 0.129. The average molecular weight is 837 g/mol. The van der Waals surface area contributed by atoms with Crippen LogP contribution in [-0.2, 0) is 49.3 Å². The summed E-state index contributed by atoms with van der Waals surface area (Å²) in [6.45, 7) is 8.62. The van der Waals surface area contributed by atoms with Crippen molar-refractivity contribution < 1.29 is 57.2 Å². The van der Waals surface area contributed by atoms with Gasteiger partial charge in [0.2, 0.25) is 47.3 Å². The topological polar surface area (TPSA) is 305 Å². The Morgan fingerprint density at radius 3 is 2.03 bits per heavy atom. The van der Waals surface area contributed by atoms with Gasteiger partial charge < -0.3 is 47.1 Å². The summed E-state index contributed by atoms with van der Waals surface area (Å²) in [7, 11) is -4.87. The summed E-state index contributed by atoms with van der Waals surface area (Å²) < 4.78 is 15.9. The molecule has 20 nitrogen and oxygen atoms in total. The van der Waals surface area contributed by atoms with Crippen molar-refractivity contribution in [3.8, 4) is 5.75 Å². The number of fused-ring (bicyclic) bond motifs is 1. The SMILES string of the molecule is CC(=O)NC1CCCCNC(=O)[C@@H]2CCCN2C(=O)[C@H](C(C)C)NC(=O)C(CC(N)=O)NC(=O)C(CC(C)C)NC(=O)[C@H](Cc2ccc(OP(=O)(O)O)cc2)NC1=O. The Kier molecular flexibility index (Phi) is 17.6. The highest BCUT2D eigenvalue weighted by molar-refractivity contribution is 7.46. The third-order valence-corrected chi connectivity index (χ3v) is 10.0. The van der Waals surface area contributed by atoms with Crippen LogP contribution in [0.1, 0.15) is 85.1 Å². The summed E-state index contributed by atoms with van der Waals surface area (Å²) in [5.74, 6) is -6.54. The number of primary amides is 1. The second-order valence-electron chi connectivity index (χ2n) is 15.4. The lowest BCUT2D eigenvalue weighted by molar-refractivity contribution is -0.143. The molecule has 58 heavy (non-hydrogen) atoms. The second-order valence-corrected chi connectivity index (χ2v) is 16.5. The lowest BCUT2D eigenvalue weighted by Crippen LogP contribution is -2.61. The molecule has 0 radical (unpaired) electrons. The minimum Gasteiger partial charge on any atom is -0.404 e. The number of rotatable bonds is 10. The van der Waals surface area contributed by atoms with E-state index < -0.39 is 104 Å². The van der Waals surface area contributed by atoms with E-state index in [0.29, 0.717) is 31.2 Å². The molecule has 0 aliphatic carbocycles. The van der Waals surface area contributed by atoms with E-state index >= 15 is 0 Å². The normalized spacial score (nSPS) is 24.9. The maximum absolute atomic E-state index is 14.1. The molecule has 8 amide bonds. The number of benzene rings is 1. The van der Waals surface area contributed by atoms with Crippen LogP contribution in [0.3, 0.4) is 0 Å². The number of nitrogens with one attached hydrogen (secondary N) is 6. The van der Waals surface area contributed by atoms with Crippen LogP contribution in [0.2, 0.25) is 0 Å². The largest absolute Gasteiger partial charge is 0.524 e. The molecule has 2 heterocycles. The number of hydrogen-bond acceptors (Lipinski definition) is 10. The maximum Gasteiger partial charge on any atom is 0.524 e. The molecule has 2 saturated heterocycles. The van der Waals surface area contributed by atoms with Crippen molar-refractivity contribution in [3.63, 3.8) is 0 Å². The smallest absolute Gasteiger partial charge is 0.404 e. The number of carbonyl (C=O) groups excluding carboxylic acids is 8. The molecule has 322 valence electrons. The summed E-state index contributed by atoms with van der Waals surface area (Å²) in [4.78, 5) is 127. The highest BCUT2D eigenvalue weighted by atomic mass is 31.2. The molecule has 1 aromatic rings. The van der Waals surface area contributed by atoms with Gasteiger partial charge in [0.1, 0.15) is 42.0 Å². The van der Waals surface area contributed by atoms with Gasteiger partial charge >= 0.3 is 7.82 Å². The molecule has 2 aliphatic rings.